The summed E-state index contributed by atoms with van der Waals surface area (Å²) in [5, 5.41) is 0. The van der Waals surface area contributed by atoms with Crippen molar-refractivity contribution >= 4 is 17.9 Å². The van der Waals surface area contributed by atoms with Gasteiger partial charge in [0, 0.05) is 19.3 Å². The summed E-state index contributed by atoms with van der Waals surface area (Å²) in [6, 6.07) is 0. The molecule has 0 saturated carbocycles. The lowest BCUT2D eigenvalue weighted by atomic mass is 10.1. The Bertz CT molecular complexity index is 1360. The smallest absolute Gasteiger partial charge is 0.306 e. The highest BCUT2D eigenvalue weighted by atomic mass is 16.6. The van der Waals surface area contributed by atoms with E-state index in [4.69, 9.17) is 14.2 Å². The van der Waals surface area contributed by atoms with Gasteiger partial charge in [-0.15, -0.1) is 0 Å². The van der Waals surface area contributed by atoms with E-state index in [0.29, 0.717) is 19.3 Å². The molecule has 0 fully saturated rings. The van der Waals surface area contributed by atoms with Crippen molar-refractivity contribution in [2.45, 2.75) is 264 Å². The van der Waals surface area contributed by atoms with Gasteiger partial charge in [0.15, 0.2) is 6.10 Å². The molecule has 0 aliphatic rings. The fraction of sp³-hybridized carbons (Fsp3) is 0.694. The minimum atomic E-state index is -0.817. The van der Waals surface area contributed by atoms with E-state index < -0.39 is 6.10 Å². The summed E-state index contributed by atoms with van der Waals surface area (Å²) in [5.41, 5.74) is 0. The maximum absolute atomic E-state index is 12.8. The number of esters is 3. The van der Waals surface area contributed by atoms with Gasteiger partial charge in [0.1, 0.15) is 13.2 Å². The maximum Gasteiger partial charge on any atom is 0.306 e. The van der Waals surface area contributed by atoms with Crippen LogP contribution >= 0.6 is 0 Å². The first-order chi connectivity index (χ1) is 33.5. The largest absolute Gasteiger partial charge is 0.462 e. The zero-order valence-electron chi connectivity index (χ0n) is 44.3. The van der Waals surface area contributed by atoms with Crippen LogP contribution in [0.4, 0.5) is 0 Å². The second kappa shape index (κ2) is 55.9. The molecule has 388 valence electrons. The summed E-state index contributed by atoms with van der Waals surface area (Å²) >= 11 is 0. The van der Waals surface area contributed by atoms with Crippen LogP contribution in [-0.2, 0) is 28.6 Å². The van der Waals surface area contributed by atoms with Crippen LogP contribution in [0.5, 0.6) is 0 Å². The van der Waals surface area contributed by atoms with Crippen molar-refractivity contribution in [1.29, 1.82) is 0 Å². The number of carbonyl (C=O) groups is 3. The molecule has 0 aliphatic heterocycles. The quantitative estimate of drug-likeness (QED) is 0.0262. The van der Waals surface area contributed by atoms with Gasteiger partial charge in [-0.3, -0.25) is 14.4 Å². The Hall–Kier alpha value is -3.67. The van der Waals surface area contributed by atoms with Crippen LogP contribution in [0.2, 0.25) is 0 Å². The van der Waals surface area contributed by atoms with Crippen molar-refractivity contribution in [3.8, 4) is 0 Å². The number of carbonyl (C=O) groups excluding carboxylic acids is 3. The molecular formula is C62H104O6. The molecule has 1 atom stereocenters. The third-order valence-corrected chi connectivity index (χ3v) is 11.8. The average molecular weight is 946 g/mol. The number of hydrogen-bond acceptors (Lipinski definition) is 6. The van der Waals surface area contributed by atoms with E-state index in [0.717, 1.165) is 103 Å². The van der Waals surface area contributed by atoms with E-state index in [1.165, 1.54) is 109 Å². The van der Waals surface area contributed by atoms with Gasteiger partial charge in [0.2, 0.25) is 0 Å². The maximum atomic E-state index is 12.8. The third kappa shape index (κ3) is 53.3. The van der Waals surface area contributed by atoms with E-state index in [2.05, 4.69) is 106 Å². The molecule has 0 rings (SSSR count). The zero-order chi connectivity index (χ0) is 49.3. The Morgan fingerprint density at radius 2 is 0.603 bits per heavy atom. The van der Waals surface area contributed by atoms with E-state index in [9.17, 15) is 14.4 Å². The highest BCUT2D eigenvalue weighted by Gasteiger charge is 2.19. The monoisotopic (exact) mass is 945 g/mol. The van der Waals surface area contributed by atoms with Crippen LogP contribution in [0.15, 0.2) is 97.2 Å². The normalized spacial score (nSPS) is 12.8. The standard InChI is InChI=1S/C62H104O6/c1-4-7-10-13-16-19-22-25-27-29-30-31-32-33-35-37-40-43-46-49-52-55-61(64)67-58-59(57-66-60(63)54-51-48-45-42-39-36-24-21-18-15-12-9-6-3)68-62(65)56-53-50-47-44-41-38-34-28-26-23-20-17-14-11-8-5-2/h9,12,18,21-22,25,28-30,32-34,36,39,45,48,59H,4-8,10-11,13-17,19-20,23-24,26-27,31,35,37-38,40-44,46-47,49-58H2,1-3H3/b12-9-,21-18-,25-22-,30-29-,33-32-,34-28-,39-36-,48-45-. The molecule has 0 aromatic heterocycles. The lowest BCUT2D eigenvalue weighted by Crippen LogP contribution is -2.30. The van der Waals surface area contributed by atoms with Crippen molar-refractivity contribution < 1.29 is 28.6 Å². The van der Waals surface area contributed by atoms with Crippen LogP contribution in [0.25, 0.3) is 0 Å². The lowest BCUT2D eigenvalue weighted by Gasteiger charge is -2.18. The molecule has 0 aliphatic carbocycles. The van der Waals surface area contributed by atoms with Crippen molar-refractivity contribution in [2.75, 3.05) is 13.2 Å². The summed E-state index contributed by atoms with van der Waals surface area (Å²) in [7, 11) is 0. The minimum absolute atomic E-state index is 0.110. The second-order valence-electron chi connectivity index (χ2n) is 18.5. The van der Waals surface area contributed by atoms with Crippen LogP contribution in [0.3, 0.4) is 0 Å². The third-order valence-electron chi connectivity index (χ3n) is 11.8. The zero-order valence-corrected chi connectivity index (χ0v) is 44.3. The molecule has 0 aromatic rings. The number of ether oxygens (including phenoxy) is 3. The second-order valence-corrected chi connectivity index (χ2v) is 18.5. The average Bonchev–Trinajstić information content (AvgIpc) is 3.34. The fourth-order valence-corrected chi connectivity index (χ4v) is 7.57. The Labute approximate surface area is 419 Å². The minimum Gasteiger partial charge on any atom is -0.462 e. The van der Waals surface area contributed by atoms with Crippen molar-refractivity contribution in [1.82, 2.24) is 0 Å². The molecule has 0 saturated heterocycles. The Morgan fingerprint density at radius 3 is 1.00 bits per heavy atom. The van der Waals surface area contributed by atoms with E-state index in [1.807, 2.05) is 12.2 Å². The topological polar surface area (TPSA) is 78.9 Å². The first-order valence-corrected chi connectivity index (χ1v) is 28.2. The van der Waals surface area contributed by atoms with Gasteiger partial charge in [-0.1, -0.05) is 227 Å². The highest BCUT2D eigenvalue weighted by Crippen LogP contribution is 2.14. The molecule has 1 unspecified atom stereocenters. The highest BCUT2D eigenvalue weighted by molar-refractivity contribution is 5.71. The van der Waals surface area contributed by atoms with Gasteiger partial charge in [-0.05, 0) is 109 Å². The van der Waals surface area contributed by atoms with Gasteiger partial charge in [0.25, 0.3) is 0 Å². The Morgan fingerprint density at radius 1 is 0.309 bits per heavy atom. The SMILES string of the molecule is CC/C=C\C/C=C\C/C=C\C/C=C\CCC(=O)OCC(COC(=O)CCCCCCCC/C=C\C/C=C\C/C=C\CCCCCCC)OC(=O)CCCCCCC/C=C\CCCCCCCCC. The molecule has 0 spiro atoms. The molecular weight excluding hydrogens is 841 g/mol. The lowest BCUT2D eigenvalue weighted by molar-refractivity contribution is -0.166. The molecule has 0 aromatic carbocycles. The Balaban J connectivity index is 4.46. The van der Waals surface area contributed by atoms with Crippen molar-refractivity contribution in [3.05, 3.63) is 97.2 Å². The van der Waals surface area contributed by atoms with Crippen LogP contribution < -0.4 is 0 Å². The number of hydrogen-bond donors (Lipinski definition) is 0. The van der Waals surface area contributed by atoms with Crippen molar-refractivity contribution in [3.63, 3.8) is 0 Å². The summed E-state index contributed by atoms with van der Waals surface area (Å²) in [6.07, 6.45) is 74.1. The van der Waals surface area contributed by atoms with E-state index in [1.54, 1.807) is 0 Å². The van der Waals surface area contributed by atoms with Crippen LogP contribution in [0.1, 0.15) is 258 Å². The van der Waals surface area contributed by atoms with Gasteiger partial charge in [-0.2, -0.15) is 0 Å². The molecule has 68 heavy (non-hydrogen) atoms. The van der Waals surface area contributed by atoms with Crippen LogP contribution in [-0.4, -0.2) is 37.2 Å². The summed E-state index contributed by atoms with van der Waals surface area (Å²) < 4.78 is 16.8. The van der Waals surface area contributed by atoms with Gasteiger partial charge < -0.3 is 14.2 Å². The van der Waals surface area contributed by atoms with Crippen LogP contribution in [0, 0.1) is 0 Å². The summed E-state index contributed by atoms with van der Waals surface area (Å²) in [5.74, 6) is -1.01. The number of rotatable bonds is 50. The molecule has 0 bridgehead atoms. The summed E-state index contributed by atoms with van der Waals surface area (Å²) in [4.78, 5) is 38.1. The number of allylic oxidation sites excluding steroid dienone is 16. The van der Waals surface area contributed by atoms with Gasteiger partial charge in [-0.25, -0.2) is 0 Å². The van der Waals surface area contributed by atoms with E-state index >= 15 is 0 Å². The molecule has 0 heterocycles. The first-order valence-electron chi connectivity index (χ1n) is 28.2. The number of unbranched alkanes of at least 4 members (excludes halogenated alkanes) is 23. The molecule has 0 N–H and O–H groups in total. The first kappa shape index (κ1) is 64.3. The Kier molecular flexibility index (Phi) is 52.9. The fourth-order valence-electron chi connectivity index (χ4n) is 7.57. The van der Waals surface area contributed by atoms with E-state index in [-0.39, 0.29) is 37.5 Å². The molecule has 6 heteroatoms. The van der Waals surface area contributed by atoms with Gasteiger partial charge >= 0.3 is 17.9 Å². The molecule has 6 nitrogen and oxygen atoms in total. The predicted molar refractivity (Wildman–Crippen MR) is 293 cm³/mol. The summed E-state index contributed by atoms with van der Waals surface area (Å²) in [6.45, 7) is 6.43. The molecule has 0 radical (unpaired) electrons. The van der Waals surface area contributed by atoms with Gasteiger partial charge in [0.05, 0.1) is 0 Å². The van der Waals surface area contributed by atoms with Crippen molar-refractivity contribution in [2.24, 2.45) is 0 Å². The molecule has 0 amide bonds. The predicted octanol–water partition coefficient (Wildman–Crippen LogP) is 18.9.